The van der Waals surface area contributed by atoms with Crippen molar-refractivity contribution in [3.63, 3.8) is 0 Å². The van der Waals surface area contributed by atoms with Gasteiger partial charge in [0, 0.05) is 29.2 Å². The van der Waals surface area contributed by atoms with Gasteiger partial charge in [-0.15, -0.1) is 0 Å². The number of rotatable bonds is 7. The average molecular weight is 297 g/mol. The molecule has 0 saturated heterocycles. The van der Waals surface area contributed by atoms with E-state index in [1.54, 1.807) is 11.8 Å². The molecule has 0 aliphatic heterocycles. The van der Waals surface area contributed by atoms with E-state index in [-0.39, 0.29) is 22.8 Å². The van der Waals surface area contributed by atoms with Gasteiger partial charge in [0.05, 0.1) is 0 Å². The van der Waals surface area contributed by atoms with Gasteiger partial charge in [-0.1, -0.05) is 13.8 Å². The van der Waals surface area contributed by atoms with Crippen molar-refractivity contribution in [3.8, 4) is 0 Å². The zero-order valence-electron chi connectivity index (χ0n) is 12.3. The number of carbonyl (C=O) groups is 1. The average Bonchev–Trinajstić information content (AvgIpc) is 2.45. The number of hydrogen-bond donors (Lipinski definition) is 2. The van der Waals surface area contributed by atoms with Gasteiger partial charge in [0.15, 0.2) is 0 Å². The summed E-state index contributed by atoms with van der Waals surface area (Å²) in [6.45, 7) is 4.85. The summed E-state index contributed by atoms with van der Waals surface area (Å²) >= 11 is 1.77. The Bertz CT molecular complexity index is 501. The summed E-state index contributed by atoms with van der Waals surface area (Å²) in [6, 6.07) is 2.90. The Labute approximate surface area is 123 Å². The summed E-state index contributed by atoms with van der Waals surface area (Å²) in [7, 11) is 0. The molecule has 0 spiro atoms. The number of nitrogens with one attached hydrogen (secondary N) is 1. The van der Waals surface area contributed by atoms with Gasteiger partial charge >= 0.3 is 0 Å². The Kier molecular flexibility index (Phi) is 6.13. The van der Waals surface area contributed by atoms with E-state index >= 15 is 0 Å². The Balaban J connectivity index is 2.64. The quantitative estimate of drug-likeness (QED) is 0.799. The first-order valence-electron chi connectivity index (χ1n) is 6.74. The minimum Gasteiger partial charge on any atom is -0.398 e. The molecule has 0 radical (unpaired) electrons. The zero-order chi connectivity index (χ0) is 15.2. The van der Waals surface area contributed by atoms with Crippen LogP contribution in [0.5, 0.6) is 0 Å². The van der Waals surface area contributed by atoms with E-state index in [2.05, 4.69) is 25.4 Å². The monoisotopic (exact) mass is 297 g/mol. The van der Waals surface area contributed by atoms with Crippen LogP contribution < -0.4 is 16.6 Å². The normalized spacial score (nSPS) is 11.3. The lowest BCUT2D eigenvalue weighted by molar-refractivity contribution is -0.121. The number of thioether (sulfide) groups is 1. The maximum Gasteiger partial charge on any atom is 0.251 e. The van der Waals surface area contributed by atoms with E-state index in [0.717, 1.165) is 12.8 Å². The first-order valence-corrected chi connectivity index (χ1v) is 7.96. The van der Waals surface area contributed by atoms with Crippen molar-refractivity contribution in [2.45, 2.75) is 38.0 Å². The number of anilines is 1. The fraction of sp³-hybridized carbons (Fsp3) is 0.571. The van der Waals surface area contributed by atoms with E-state index in [1.807, 2.05) is 0 Å². The van der Waals surface area contributed by atoms with Crippen LogP contribution in [-0.4, -0.2) is 28.0 Å². The Morgan fingerprint density at radius 1 is 1.40 bits per heavy atom. The first-order chi connectivity index (χ1) is 9.46. The maximum atomic E-state index is 11.9. The largest absolute Gasteiger partial charge is 0.398 e. The van der Waals surface area contributed by atoms with Crippen LogP contribution in [0.3, 0.4) is 0 Å². The molecule has 0 aliphatic carbocycles. The number of aromatic nitrogens is 1. The molecule has 5 nitrogen and oxygen atoms in total. The van der Waals surface area contributed by atoms with E-state index < -0.39 is 0 Å². The molecule has 6 heteroatoms. The maximum absolute atomic E-state index is 11.9. The summed E-state index contributed by atoms with van der Waals surface area (Å²) in [4.78, 5) is 23.5. The van der Waals surface area contributed by atoms with Crippen LogP contribution in [0.25, 0.3) is 0 Å². The number of nitrogen functional groups attached to an aromatic ring is 1. The predicted octanol–water partition coefficient (Wildman–Crippen LogP) is 1.47. The number of hydrogen-bond acceptors (Lipinski definition) is 4. The van der Waals surface area contributed by atoms with Crippen LogP contribution in [0.15, 0.2) is 23.1 Å². The lowest BCUT2D eigenvalue weighted by Crippen LogP contribution is -2.41. The van der Waals surface area contributed by atoms with Gasteiger partial charge in [-0.2, -0.15) is 11.8 Å². The second kappa shape index (κ2) is 7.38. The highest BCUT2D eigenvalue weighted by molar-refractivity contribution is 8.00. The van der Waals surface area contributed by atoms with E-state index in [0.29, 0.717) is 12.2 Å². The highest BCUT2D eigenvalue weighted by Crippen LogP contribution is 2.29. The minimum absolute atomic E-state index is 0.00175. The van der Waals surface area contributed by atoms with Crippen LogP contribution in [0.2, 0.25) is 0 Å². The number of nitrogens with two attached hydrogens (primary N) is 1. The molecule has 0 aliphatic rings. The fourth-order valence-corrected chi connectivity index (χ4v) is 2.80. The molecule has 20 heavy (non-hydrogen) atoms. The molecular formula is C14H23N3O2S. The molecule has 0 fully saturated rings. The van der Waals surface area contributed by atoms with Crippen molar-refractivity contribution >= 4 is 23.4 Å². The van der Waals surface area contributed by atoms with Crippen molar-refractivity contribution in [1.29, 1.82) is 0 Å². The van der Waals surface area contributed by atoms with Crippen molar-refractivity contribution in [2.24, 2.45) is 0 Å². The Morgan fingerprint density at radius 2 is 2.05 bits per heavy atom. The van der Waals surface area contributed by atoms with Crippen LogP contribution >= 0.6 is 11.8 Å². The molecule has 0 aromatic carbocycles. The first kappa shape index (κ1) is 16.6. The number of pyridine rings is 1. The SMILES string of the molecule is CCC(CC)(CNC(=O)Cn1cc(N)ccc1=O)SC. The smallest absolute Gasteiger partial charge is 0.251 e. The predicted molar refractivity (Wildman–Crippen MR) is 85.0 cm³/mol. The third-order valence-electron chi connectivity index (χ3n) is 3.65. The highest BCUT2D eigenvalue weighted by atomic mass is 32.2. The molecular weight excluding hydrogens is 274 g/mol. The molecule has 1 amide bonds. The van der Waals surface area contributed by atoms with Crippen molar-refractivity contribution < 1.29 is 4.79 Å². The van der Waals surface area contributed by atoms with Crippen molar-refractivity contribution in [2.75, 3.05) is 18.5 Å². The minimum atomic E-state index is -0.225. The van der Waals surface area contributed by atoms with Crippen LogP contribution in [0.4, 0.5) is 5.69 Å². The Hall–Kier alpha value is -1.43. The molecule has 1 heterocycles. The van der Waals surface area contributed by atoms with Crippen molar-refractivity contribution in [1.82, 2.24) is 9.88 Å². The number of carbonyl (C=O) groups excluding carboxylic acids is 1. The second-order valence-electron chi connectivity index (χ2n) is 4.80. The van der Waals surface area contributed by atoms with Gasteiger partial charge in [-0.25, -0.2) is 0 Å². The topological polar surface area (TPSA) is 77.1 Å². The third-order valence-corrected chi connectivity index (χ3v) is 5.24. The van der Waals surface area contributed by atoms with Gasteiger partial charge in [-0.05, 0) is 25.2 Å². The zero-order valence-corrected chi connectivity index (χ0v) is 13.1. The van der Waals surface area contributed by atoms with Gasteiger partial charge in [0.2, 0.25) is 5.91 Å². The Morgan fingerprint density at radius 3 is 2.60 bits per heavy atom. The molecule has 0 atom stereocenters. The summed E-state index contributed by atoms with van der Waals surface area (Å²) < 4.78 is 1.39. The standard InChI is InChI=1S/C14H23N3O2S/c1-4-14(5-2,20-3)10-16-12(18)9-17-8-11(15)6-7-13(17)19/h6-8H,4-5,9-10,15H2,1-3H3,(H,16,18). The van der Waals surface area contributed by atoms with Crippen molar-refractivity contribution in [3.05, 3.63) is 28.7 Å². The summed E-state index contributed by atoms with van der Waals surface area (Å²) in [5.74, 6) is -0.168. The van der Waals surface area contributed by atoms with Crippen LogP contribution in [-0.2, 0) is 11.3 Å². The number of amides is 1. The van der Waals surface area contributed by atoms with E-state index in [4.69, 9.17) is 5.73 Å². The number of nitrogens with zero attached hydrogens (tertiary/aromatic N) is 1. The lowest BCUT2D eigenvalue weighted by Gasteiger charge is -2.29. The van der Waals surface area contributed by atoms with Gasteiger partial charge in [0.25, 0.3) is 5.56 Å². The van der Waals surface area contributed by atoms with E-state index in [9.17, 15) is 9.59 Å². The molecule has 1 aromatic heterocycles. The lowest BCUT2D eigenvalue weighted by atomic mass is 10.0. The molecule has 0 bridgehead atoms. The second-order valence-corrected chi connectivity index (χ2v) is 6.07. The van der Waals surface area contributed by atoms with Crippen LogP contribution in [0.1, 0.15) is 26.7 Å². The highest BCUT2D eigenvalue weighted by Gasteiger charge is 2.25. The molecule has 0 saturated carbocycles. The molecule has 112 valence electrons. The molecule has 0 unspecified atom stereocenters. The summed E-state index contributed by atoms with van der Waals surface area (Å²) in [6.07, 6.45) is 5.53. The molecule has 1 aromatic rings. The van der Waals surface area contributed by atoms with Gasteiger partial charge < -0.3 is 15.6 Å². The van der Waals surface area contributed by atoms with Crippen LogP contribution in [0, 0.1) is 0 Å². The third kappa shape index (κ3) is 4.30. The van der Waals surface area contributed by atoms with Gasteiger partial charge in [0.1, 0.15) is 6.54 Å². The van der Waals surface area contributed by atoms with Gasteiger partial charge in [-0.3, -0.25) is 9.59 Å². The molecule has 3 N–H and O–H groups in total. The summed E-state index contributed by atoms with van der Waals surface area (Å²) in [5.41, 5.74) is 5.86. The van der Waals surface area contributed by atoms with E-state index in [1.165, 1.54) is 22.9 Å². The summed E-state index contributed by atoms with van der Waals surface area (Å²) in [5, 5.41) is 2.91. The molecule has 1 rings (SSSR count). The fourth-order valence-electron chi connectivity index (χ4n) is 2.00.